The molecule has 4 rings (SSSR count). The highest BCUT2D eigenvalue weighted by Crippen LogP contribution is 2.56. The Kier molecular flexibility index (Phi) is 3.90. The van der Waals surface area contributed by atoms with E-state index >= 15 is 0 Å². The quantitative estimate of drug-likeness (QED) is 0.609. The predicted molar refractivity (Wildman–Crippen MR) is 91.8 cm³/mol. The Morgan fingerprint density at radius 2 is 2.04 bits per heavy atom. The monoisotopic (exact) mass is 329 g/mol. The smallest absolute Gasteiger partial charge is 0.258 e. The van der Waals surface area contributed by atoms with Crippen LogP contribution in [0.2, 0.25) is 0 Å². The van der Waals surface area contributed by atoms with Gasteiger partial charge in [0.05, 0.1) is 6.17 Å². The summed E-state index contributed by atoms with van der Waals surface area (Å²) in [6, 6.07) is 9.34. The standard InChI is InChI=1S/C19H27N3O2/c20-16(18-10-15(18)11-21-12-18)22-17(23)19(24,14-8-4-5-9-14)13-6-2-1-3-7-13/h1-3,6-7,14-16,21,24H,4-5,8-12,20H2,(H,22,23)/t15?,16?,18?,19-/m1/s1. The first kappa shape index (κ1) is 16.1. The SMILES string of the molecule is NC(NC(=O)[C@@](O)(c1ccccc1)C1CCCC1)C12CNCC1C2. The third-order valence-electron chi connectivity index (χ3n) is 6.54. The maximum Gasteiger partial charge on any atom is 0.258 e. The van der Waals surface area contributed by atoms with Crippen LogP contribution in [-0.4, -0.2) is 30.3 Å². The van der Waals surface area contributed by atoms with Gasteiger partial charge in [-0.05, 0) is 37.3 Å². The predicted octanol–water partition coefficient (Wildman–Crippen LogP) is 1.07. The van der Waals surface area contributed by atoms with E-state index in [0.717, 1.165) is 45.2 Å². The van der Waals surface area contributed by atoms with Crippen LogP contribution in [0.3, 0.4) is 0 Å². The Balaban J connectivity index is 1.57. The molecular weight excluding hydrogens is 302 g/mol. The number of amides is 1. The number of rotatable bonds is 5. The molecule has 3 aliphatic rings. The Labute approximate surface area is 143 Å². The lowest BCUT2D eigenvalue weighted by Crippen LogP contribution is -2.57. The molecule has 0 spiro atoms. The minimum Gasteiger partial charge on any atom is -0.375 e. The number of benzene rings is 1. The molecule has 0 aromatic heterocycles. The van der Waals surface area contributed by atoms with Crippen LogP contribution in [0.15, 0.2) is 30.3 Å². The molecule has 1 amide bonds. The third-order valence-corrected chi connectivity index (χ3v) is 6.54. The van der Waals surface area contributed by atoms with E-state index in [1.807, 2.05) is 30.3 Å². The lowest BCUT2D eigenvalue weighted by Gasteiger charge is -2.35. The number of carbonyl (C=O) groups excluding carboxylic acids is 1. The van der Waals surface area contributed by atoms with Crippen molar-refractivity contribution in [3.05, 3.63) is 35.9 Å². The van der Waals surface area contributed by atoms with Crippen LogP contribution in [0.25, 0.3) is 0 Å². The van der Waals surface area contributed by atoms with Gasteiger partial charge >= 0.3 is 0 Å². The van der Waals surface area contributed by atoms with Crippen LogP contribution in [0, 0.1) is 17.3 Å². The fourth-order valence-electron chi connectivity index (χ4n) is 4.84. The van der Waals surface area contributed by atoms with Crippen molar-refractivity contribution in [3.8, 4) is 0 Å². The molecule has 1 saturated heterocycles. The summed E-state index contributed by atoms with van der Waals surface area (Å²) >= 11 is 0. The van der Waals surface area contributed by atoms with Crippen LogP contribution in [0.1, 0.15) is 37.7 Å². The van der Waals surface area contributed by atoms with E-state index in [-0.39, 0.29) is 17.2 Å². The molecule has 5 nitrogen and oxygen atoms in total. The Bertz CT molecular complexity index is 616. The highest BCUT2D eigenvalue weighted by atomic mass is 16.3. The van der Waals surface area contributed by atoms with Crippen LogP contribution >= 0.6 is 0 Å². The maximum atomic E-state index is 13.1. The average molecular weight is 329 g/mol. The van der Waals surface area contributed by atoms with Gasteiger partial charge in [0, 0.05) is 17.9 Å². The minimum absolute atomic E-state index is 0.0110. The Morgan fingerprint density at radius 1 is 1.33 bits per heavy atom. The first-order valence-corrected chi connectivity index (χ1v) is 9.12. The number of hydrogen-bond acceptors (Lipinski definition) is 4. The number of carbonyl (C=O) groups is 1. The van der Waals surface area contributed by atoms with Crippen molar-refractivity contribution in [1.82, 2.24) is 10.6 Å². The van der Waals surface area contributed by atoms with Gasteiger partial charge in [-0.3, -0.25) is 4.79 Å². The summed E-state index contributed by atoms with van der Waals surface area (Å²) in [7, 11) is 0. The fourth-order valence-corrected chi connectivity index (χ4v) is 4.84. The molecule has 1 heterocycles. The van der Waals surface area contributed by atoms with E-state index in [4.69, 9.17) is 5.73 Å². The Hall–Kier alpha value is -1.43. The molecule has 2 saturated carbocycles. The number of hydrogen-bond donors (Lipinski definition) is 4. The second-order valence-electron chi connectivity index (χ2n) is 7.83. The van der Waals surface area contributed by atoms with Crippen molar-refractivity contribution < 1.29 is 9.90 Å². The fraction of sp³-hybridized carbons (Fsp3) is 0.632. The summed E-state index contributed by atoms with van der Waals surface area (Å²) in [6.45, 7) is 1.83. The summed E-state index contributed by atoms with van der Waals surface area (Å²) in [6.07, 6.45) is 4.55. The lowest BCUT2D eigenvalue weighted by molar-refractivity contribution is -0.148. The van der Waals surface area contributed by atoms with Crippen LogP contribution in [-0.2, 0) is 10.4 Å². The zero-order valence-corrected chi connectivity index (χ0v) is 14.0. The molecule has 1 aromatic carbocycles. The first-order valence-electron chi connectivity index (χ1n) is 9.12. The molecule has 0 radical (unpaired) electrons. The van der Waals surface area contributed by atoms with Crippen LogP contribution < -0.4 is 16.4 Å². The highest BCUT2D eigenvalue weighted by molar-refractivity contribution is 5.87. The zero-order valence-electron chi connectivity index (χ0n) is 14.0. The molecule has 0 bridgehead atoms. The van der Waals surface area contributed by atoms with Crippen LogP contribution in [0.4, 0.5) is 0 Å². The average Bonchev–Trinajstić information content (AvgIpc) is 2.99. The molecule has 1 aromatic rings. The van der Waals surface area contributed by atoms with E-state index in [9.17, 15) is 9.90 Å². The van der Waals surface area contributed by atoms with Gasteiger partial charge < -0.3 is 21.5 Å². The lowest BCUT2D eigenvalue weighted by atomic mass is 9.79. The largest absolute Gasteiger partial charge is 0.375 e. The van der Waals surface area contributed by atoms with E-state index in [1.54, 1.807) is 0 Å². The van der Waals surface area contributed by atoms with Gasteiger partial charge in [0.15, 0.2) is 5.60 Å². The highest BCUT2D eigenvalue weighted by Gasteiger charge is 2.61. The van der Waals surface area contributed by atoms with Crippen molar-refractivity contribution in [2.24, 2.45) is 23.0 Å². The molecule has 4 atom stereocenters. The second kappa shape index (κ2) is 5.83. The molecule has 3 fully saturated rings. The summed E-state index contributed by atoms with van der Waals surface area (Å²) in [5, 5.41) is 17.8. The number of nitrogens with one attached hydrogen (secondary N) is 2. The van der Waals surface area contributed by atoms with E-state index in [0.29, 0.717) is 11.5 Å². The maximum absolute atomic E-state index is 13.1. The van der Waals surface area contributed by atoms with Gasteiger partial charge in [0.2, 0.25) is 0 Å². The summed E-state index contributed by atoms with van der Waals surface area (Å²) in [5.74, 6) is 0.186. The summed E-state index contributed by atoms with van der Waals surface area (Å²) in [5.41, 5.74) is 5.53. The van der Waals surface area contributed by atoms with Crippen LogP contribution in [0.5, 0.6) is 0 Å². The Morgan fingerprint density at radius 3 is 2.62 bits per heavy atom. The number of piperidine rings is 1. The van der Waals surface area contributed by atoms with Crippen molar-refractivity contribution >= 4 is 5.91 Å². The molecule has 5 N–H and O–H groups in total. The number of nitrogens with two attached hydrogens (primary N) is 1. The first-order chi connectivity index (χ1) is 11.6. The normalized spacial score (nSPS) is 32.8. The molecular formula is C19H27N3O2. The van der Waals surface area contributed by atoms with Gasteiger partial charge in [-0.25, -0.2) is 0 Å². The van der Waals surface area contributed by atoms with Gasteiger partial charge in [-0.2, -0.15) is 0 Å². The van der Waals surface area contributed by atoms with E-state index in [2.05, 4.69) is 10.6 Å². The van der Waals surface area contributed by atoms with Crippen molar-refractivity contribution in [3.63, 3.8) is 0 Å². The minimum atomic E-state index is -1.48. The molecule has 2 aliphatic carbocycles. The topological polar surface area (TPSA) is 87.4 Å². The second-order valence-corrected chi connectivity index (χ2v) is 7.83. The van der Waals surface area contributed by atoms with E-state index in [1.165, 1.54) is 0 Å². The molecule has 5 heteroatoms. The van der Waals surface area contributed by atoms with Crippen molar-refractivity contribution in [2.45, 2.75) is 43.9 Å². The number of fused-ring (bicyclic) bond motifs is 1. The molecule has 130 valence electrons. The van der Waals surface area contributed by atoms with Gasteiger partial charge in [-0.1, -0.05) is 43.2 Å². The van der Waals surface area contributed by atoms with Gasteiger partial charge in [0.25, 0.3) is 5.91 Å². The zero-order chi connectivity index (χ0) is 16.8. The van der Waals surface area contributed by atoms with Crippen molar-refractivity contribution in [1.29, 1.82) is 0 Å². The van der Waals surface area contributed by atoms with Gasteiger partial charge in [0.1, 0.15) is 0 Å². The van der Waals surface area contributed by atoms with Gasteiger partial charge in [-0.15, -0.1) is 0 Å². The molecule has 24 heavy (non-hydrogen) atoms. The third kappa shape index (κ3) is 2.38. The summed E-state index contributed by atoms with van der Waals surface area (Å²) < 4.78 is 0. The molecule has 3 unspecified atom stereocenters. The molecule has 1 aliphatic heterocycles. The van der Waals surface area contributed by atoms with E-state index < -0.39 is 11.8 Å². The summed E-state index contributed by atoms with van der Waals surface area (Å²) in [4.78, 5) is 13.1. The number of aliphatic hydroxyl groups is 1. The van der Waals surface area contributed by atoms with Crippen molar-refractivity contribution in [2.75, 3.05) is 13.1 Å².